The van der Waals surface area contributed by atoms with Gasteiger partial charge in [0.1, 0.15) is 19.8 Å². The molecule has 0 fully saturated rings. The molecule has 0 aromatic rings. The molecule has 10 heteroatoms. The van der Waals surface area contributed by atoms with Gasteiger partial charge in [0.15, 0.2) is 6.10 Å². The Kier molecular flexibility index (Phi) is 39.2. The number of quaternary nitrogens is 1. The molecule has 1 unspecified atom stereocenters. The molecule has 60 heavy (non-hydrogen) atoms. The van der Waals surface area contributed by atoms with Crippen LogP contribution in [0, 0.1) is 0 Å². The highest BCUT2D eigenvalue weighted by Gasteiger charge is 2.21. The Morgan fingerprint density at radius 2 is 0.983 bits per heavy atom. The van der Waals surface area contributed by atoms with E-state index in [2.05, 4.69) is 98.9 Å². The van der Waals surface area contributed by atoms with Gasteiger partial charge in [-0.25, -0.2) is 0 Å². The van der Waals surface area contributed by atoms with Crippen LogP contribution in [0.4, 0.5) is 0 Å². The van der Waals surface area contributed by atoms with Gasteiger partial charge in [0, 0.05) is 12.8 Å². The van der Waals surface area contributed by atoms with Gasteiger partial charge in [-0.3, -0.25) is 14.2 Å². The molecular formula is C50H84NO8P. The molecule has 0 aromatic heterocycles. The summed E-state index contributed by atoms with van der Waals surface area (Å²) in [5.74, 6) is -0.951. The van der Waals surface area contributed by atoms with Crippen molar-refractivity contribution in [3.05, 3.63) is 97.2 Å². The van der Waals surface area contributed by atoms with Crippen molar-refractivity contribution in [1.29, 1.82) is 0 Å². The average molecular weight is 858 g/mol. The molecule has 0 spiro atoms. The van der Waals surface area contributed by atoms with Crippen LogP contribution in [0.25, 0.3) is 0 Å². The third-order valence-corrected chi connectivity index (χ3v) is 10.1. The van der Waals surface area contributed by atoms with Crippen molar-refractivity contribution in [3.8, 4) is 0 Å². The molecule has 0 saturated carbocycles. The number of likely N-dealkylation sites (N-methyl/N-ethyl adjacent to an activating group) is 1. The van der Waals surface area contributed by atoms with Crippen molar-refractivity contribution >= 4 is 19.8 Å². The number of rotatable bonds is 40. The van der Waals surface area contributed by atoms with Gasteiger partial charge in [-0.05, 0) is 83.5 Å². The lowest BCUT2D eigenvalue weighted by Gasteiger charge is -2.28. The molecule has 0 aliphatic heterocycles. The van der Waals surface area contributed by atoms with Gasteiger partial charge in [0.05, 0.1) is 27.7 Å². The SMILES string of the molecule is CC/C=C/C/C=C/C/C=C/C/C=C/C/C=C/C/C=C/CCC(=O)O[C@H](COC(=O)CCCCCCCCC/C=C/C/C=C/CCCCC)COP(=O)([O-])OCC[N+](C)(C)C. The van der Waals surface area contributed by atoms with Gasteiger partial charge in [-0.2, -0.15) is 0 Å². The zero-order valence-electron chi connectivity index (χ0n) is 38.4. The largest absolute Gasteiger partial charge is 0.756 e. The first-order valence-electron chi connectivity index (χ1n) is 22.9. The van der Waals surface area contributed by atoms with Crippen LogP contribution in [0.2, 0.25) is 0 Å². The second kappa shape index (κ2) is 41.3. The lowest BCUT2D eigenvalue weighted by molar-refractivity contribution is -0.870. The van der Waals surface area contributed by atoms with E-state index in [0.717, 1.165) is 70.6 Å². The molecule has 0 radical (unpaired) electrons. The van der Waals surface area contributed by atoms with E-state index in [-0.39, 0.29) is 26.1 Å². The Labute approximate surface area is 366 Å². The van der Waals surface area contributed by atoms with Gasteiger partial charge >= 0.3 is 11.9 Å². The van der Waals surface area contributed by atoms with Crippen LogP contribution in [-0.2, 0) is 32.7 Å². The van der Waals surface area contributed by atoms with Crippen LogP contribution < -0.4 is 4.89 Å². The highest BCUT2D eigenvalue weighted by Crippen LogP contribution is 2.38. The molecule has 0 heterocycles. The second-order valence-electron chi connectivity index (χ2n) is 16.0. The van der Waals surface area contributed by atoms with Gasteiger partial charge < -0.3 is 27.9 Å². The number of carbonyl (C=O) groups excluding carboxylic acids is 2. The molecule has 0 bridgehead atoms. The topological polar surface area (TPSA) is 111 Å². The number of phosphoric ester groups is 1. The van der Waals surface area contributed by atoms with Crippen LogP contribution in [-0.4, -0.2) is 70.0 Å². The molecule has 9 nitrogen and oxygen atoms in total. The van der Waals surface area contributed by atoms with Gasteiger partial charge in [0.25, 0.3) is 7.82 Å². The van der Waals surface area contributed by atoms with E-state index >= 15 is 0 Å². The maximum absolute atomic E-state index is 12.7. The van der Waals surface area contributed by atoms with Crippen molar-refractivity contribution in [2.24, 2.45) is 0 Å². The van der Waals surface area contributed by atoms with E-state index in [0.29, 0.717) is 23.9 Å². The van der Waals surface area contributed by atoms with Crippen LogP contribution in [0.5, 0.6) is 0 Å². The fraction of sp³-hybridized carbons (Fsp3) is 0.640. The minimum absolute atomic E-state index is 0.0512. The lowest BCUT2D eigenvalue weighted by atomic mass is 10.1. The number of nitrogens with zero attached hydrogens (tertiary/aromatic N) is 1. The smallest absolute Gasteiger partial charge is 0.306 e. The van der Waals surface area contributed by atoms with Crippen LogP contribution >= 0.6 is 7.82 Å². The summed E-state index contributed by atoms with van der Waals surface area (Å²) in [6.45, 7) is 3.97. The van der Waals surface area contributed by atoms with Gasteiger partial charge in [0.2, 0.25) is 0 Å². The Balaban J connectivity index is 4.49. The highest BCUT2D eigenvalue weighted by atomic mass is 31.2. The first-order chi connectivity index (χ1) is 29.0. The third kappa shape index (κ3) is 44.5. The summed E-state index contributed by atoms with van der Waals surface area (Å²) < 4.78 is 33.8. The van der Waals surface area contributed by atoms with E-state index in [1.807, 2.05) is 33.3 Å². The molecule has 0 aliphatic rings. The van der Waals surface area contributed by atoms with Crippen LogP contribution in [0.1, 0.15) is 155 Å². The number of ether oxygens (including phenoxy) is 2. The Morgan fingerprint density at radius 3 is 1.48 bits per heavy atom. The second-order valence-corrected chi connectivity index (χ2v) is 17.4. The fourth-order valence-electron chi connectivity index (χ4n) is 5.53. The van der Waals surface area contributed by atoms with Crippen LogP contribution in [0.15, 0.2) is 97.2 Å². The summed E-state index contributed by atoms with van der Waals surface area (Å²) in [4.78, 5) is 37.6. The standard InChI is InChI=1S/C50H84NO8P/c1-6-8-10-12-14-16-18-20-22-24-25-27-29-31-33-35-37-39-41-43-50(53)59-48(47-58-60(54,55)57-45-44-51(3,4)5)46-56-49(52)42-40-38-36-34-32-30-28-26-23-21-19-17-15-13-11-9-7-2/h8,10,14-17,20-23,25,27,31,33,37,39,48H,6-7,9,11-13,18-19,24,26,28-30,32,34-36,38,40-47H2,1-5H3/b10-8+,16-14+,17-15+,22-20+,23-21+,27-25+,33-31+,39-37+/t48-/m1/s1. The van der Waals surface area contributed by atoms with Crippen LogP contribution in [0.3, 0.4) is 0 Å². The summed E-state index contributed by atoms with van der Waals surface area (Å²) >= 11 is 0. The molecular weight excluding hydrogens is 774 g/mol. The van der Waals surface area contributed by atoms with Crippen molar-refractivity contribution in [3.63, 3.8) is 0 Å². The molecule has 0 aliphatic carbocycles. The van der Waals surface area contributed by atoms with Gasteiger partial charge in [-0.15, -0.1) is 0 Å². The number of hydrogen-bond acceptors (Lipinski definition) is 8. The summed E-state index contributed by atoms with van der Waals surface area (Å²) in [5, 5.41) is 0. The summed E-state index contributed by atoms with van der Waals surface area (Å²) in [6, 6.07) is 0. The number of esters is 2. The fourth-order valence-corrected chi connectivity index (χ4v) is 6.26. The summed E-state index contributed by atoms with van der Waals surface area (Å²) in [5.41, 5.74) is 0. The van der Waals surface area contributed by atoms with E-state index in [9.17, 15) is 19.0 Å². The third-order valence-electron chi connectivity index (χ3n) is 9.10. The average Bonchev–Trinajstić information content (AvgIpc) is 3.20. The number of carbonyl (C=O) groups is 2. The zero-order valence-corrected chi connectivity index (χ0v) is 39.3. The van der Waals surface area contributed by atoms with E-state index in [1.165, 1.54) is 44.9 Å². The Bertz CT molecular complexity index is 1340. The first kappa shape index (κ1) is 56.9. The predicted molar refractivity (Wildman–Crippen MR) is 249 cm³/mol. The highest BCUT2D eigenvalue weighted by molar-refractivity contribution is 7.45. The minimum Gasteiger partial charge on any atom is -0.756 e. The molecule has 342 valence electrons. The summed E-state index contributed by atoms with van der Waals surface area (Å²) in [7, 11) is 1.10. The number of phosphoric acid groups is 1. The normalized spacial score (nSPS) is 14.4. The number of unbranched alkanes of at least 4 members (excludes halogenated alkanes) is 10. The summed E-state index contributed by atoms with van der Waals surface area (Å²) in [6.07, 6.45) is 54.5. The molecule has 0 amide bonds. The quantitative estimate of drug-likeness (QED) is 0.0197. The number of hydrogen-bond donors (Lipinski definition) is 0. The monoisotopic (exact) mass is 858 g/mol. The van der Waals surface area contributed by atoms with E-state index in [1.54, 1.807) is 0 Å². The van der Waals surface area contributed by atoms with E-state index < -0.39 is 32.5 Å². The van der Waals surface area contributed by atoms with Crippen molar-refractivity contribution in [2.75, 3.05) is 47.5 Å². The Hall–Kier alpha value is -3.07. The van der Waals surface area contributed by atoms with Crippen molar-refractivity contribution < 1.29 is 42.1 Å². The molecule has 0 rings (SSSR count). The number of allylic oxidation sites excluding steroid dienone is 16. The minimum atomic E-state index is -4.66. The molecule has 2 atom stereocenters. The maximum Gasteiger partial charge on any atom is 0.306 e. The zero-order chi connectivity index (χ0) is 44.3. The lowest BCUT2D eigenvalue weighted by Crippen LogP contribution is -2.37. The molecule has 0 saturated heterocycles. The van der Waals surface area contributed by atoms with Crippen molar-refractivity contribution in [1.82, 2.24) is 0 Å². The van der Waals surface area contributed by atoms with Crippen molar-refractivity contribution in [2.45, 2.75) is 161 Å². The molecule has 0 N–H and O–H groups in total. The Morgan fingerprint density at radius 1 is 0.533 bits per heavy atom. The van der Waals surface area contributed by atoms with Gasteiger partial charge in [-0.1, -0.05) is 156 Å². The predicted octanol–water partition coefficient (Wildman–Crippen LogP) is 12.7. The molecule has 0 aromatic carbocycles. The first-order valence-corrected chi connectivity index (χ1v) is 24.4. The van der Waals surface area contributed by atoms with E-state index in [4.69, 9.17) is 18.5 Å². The maximum atomic E-state index is 12.7.